The molecule has 0 aromatic rings. The van der Waals surface area contributed by atoms with Crippen LogP contribution in [0.1, 0.15) is 120 Å². The lowest BCUT2D eigenvalue weighted by Crippen LogP contribution is -2.24. The van der Waals surface area contributed by atoms with Gasteiger partial charge in [0.05, 0.1) is 0 Å². The van der Waals surface area contributed by atoms with E-state index in [1.54, 1.807) is 0 Å². The minimum atomic E-state index is -0.364. The van der Waals surface area contributed by atoms with Crippen molar-refractivity contribution in [1.29, 1.82) is 0 Å². The quantitative estimate of drug-likeness (QED) is 0.292. The smallest absolute Gasteiger partial charge is 0.306 e. The van der Waals surface area contributed by atoms with Crippen LogP contribution in [0.2, 0.25) is 0 Å². The van der Waals surface area contributed by atoms with Gasteiger partial charge in [-0.15, -0.1) is 0 Å². The number of carbonyl (C=O) groups is 1. The fourth-order valence-electron chi connectivity index (χ4n) is 3.56. The van der Waals surface area contributed by atoms with Crippen molar-refractivity contribution in [1.82, 2.24) is 0 Å². The first-order chi connectivity index (χ1) is 12.0. The van der Waals surface area contributed by atoms with Crippen LogP contribution in [-0.2, 0) is 9.53 Å². The number of esters is 1. The van der Waals surface area contributed by atoms with Gasteiger partial charge < -0.3 is 4.74 Å². The topological polar surface area (TPSA) is 26.3 Å². The Kier molecular flexibility index (Phi) is 13.3. The van der Waals surface area contributed by atoms with Gasteiger partial charge in [-0.05, 0) is 44.4 Å². The first-order valence-corrected chi connectivity index (χ1v) is 11.2. The molecule has 3 atom stereocenters. The van der Waals surface area contributed by atoms with Gasteiger partial charge in [-0.2, -0.15) is 0 Å². The normalized spacial score (nSPS) is 15.7. The highest BCUT2D eigenvalue weighted by atomic mass is 16.6. The molecule has 3 unspecified atom stereocenters. The molecule has 0 saturated carbocycles. The van der Waals surface area contributed by atoms with Crippen molar-refractivity contribution in [2.45, 2.75) is 125 Å². The fourth-order valence-corrected chi connectivity index (χ4v) is 3.56. The predicted octanol–water partition coefficient (Wildman–Crippen LogP) is 7.79. The molecule has 0 aliphatic rings. The summed E-state index contributed by atoms with van der Waals surface area (Å²) in [7, 11) is 0. The molecule has 0 spiro atoms. The second kappa shape index (κ2) is 13.6. The summed E-state index contributed by atoms with van der Waals surface area (Å²) < 4.78 is 5.41. The Labute approximate surface area is 164 Å². The highest BCUT2D eigenvalue weighted by Crippen LogP contribution is 2.23. The van der Waals surface area contributed by atoms with Crippen molar-refractivity contribution in [2.75, 3.05) is 0 Å². The van der Waals surface area contributed by atoms with Crippen molar-refractivity contribution >= 4 is 5.97 Å². The van der Waals surface area contributed by atoms with Gasteiger partial charge in [-0.1, -0.05) is 92.4 Å². The number of hydrogen-bond acceptors (Lipinski definition) is 2. The van der Waals surface area contributed by atoms with Gasteiger partial charge in [0.2, 0.25) is 0 Å². The van der Waals surface area contributed by atoms with Gasteiger partial charge in [-0.3, -0.25) is 4.79 Å². The summed E-state index contributed by atoms with van der Waals surface area (Å²) in [5.41, 5.74) is -0.364. The Morgan fingerprint density at radius 2 is 1.08 bits per heavy atom. The maximum absolute atomic E-state index is 11.9. The van der Waals surface area contributed by atoms with E-state index in [1.807, 2.05) is 20.8 Å². The lowest BCUT2D eigenvalue weighted by atomic mass is 9.91. The molecule has 0 amide bonds. The van der Waals surface area contributed by atoms with Crippen molar-refractivity contribution in [2.24, 2.45) is 23.7 Å². The largest absolute Gasteiger partial charge is 0.460 e. The minimum absolute atomic E-state index is 0.0514. The average molecular weight is 369 g/mol. The molecule has 2 heteroatoms. The maximum atomic E-state index is 11.9. The van der Waals surface area contributed by atoms with Crippen LogP contribution in [0.15, 0.2) is 0 Å². The first kappa shape index (κ1) is 25.5. The average Bonchev–Trinajstić information content (AvgIpc) is 2.44. The second-order valence-electron chi connectivity index (χ2n) is 10.3. The van der Waals surface area contributed by atoms with Gasteiger partial charge in [0, 0.05) is 6.42 Å². The predicted molar refractivity (Wildman–Crippen MR) is 114 cm³/mol. The van der Waals surface area contributed by atoms with Crippen LogP contribution < -0.4 is 0 Å². The molecular formula is C24H48O2. The molecule has 0 N–H and O–H groups in total. The summed E-state index contributed by atoms with van der Waals surface area (Å²) in [6.45, 7) is 17.4. The van der Waals surface area contributed by atoms with E-state index in [9.17, 15) is 4.79 Å². The summed E-state index contributed by atoms with van der Waals surface area (Å²) in [5, 5.41) is 0. The van der Waals surface area contributed by atoms with E-state index < -0.39 is 0 Å². The summed E-state index contributed by atoms with van der Waals surface area (Å²) in [6.07, 6.45) is 12.5. The minimum Gasteiger partial charge on any atom is -0.460 e. The van der Waals surface area contributed by atoms with E-state index in [1.165, 1.54) is 51.4 Å². The maximum Gasteiger partial charge on any atom is 0.306 e. The molecule has 0 aliphatic heterocycles. The Morgan fingerprint density at radius 3 is 1.46 bits per heavy atom. The molecule has 26 heavy (non-hydrogen) atoms. The van der Waals surface area contributed by atoms with Crippen molar-refractivity contribution in [3.63, 3.8) is 0 Å². The third-order valence-corrected chi connectivity index (χ3v) is 5.20. The third-order valence-electron chi connectivity index (χ3n) is 5.20. The molecule has 0 bridgehead atoms. The van der Waals surface area contributed by atoms with E-state index in [-0.39, 0.29) is 11.6 Å². The Hall–Kier alpha value is -0.530. The van der Waals surface area contributed by atoms with Crippen LogP contribution in [0.5, 0.6) is 0 Å². The van der Waals surface area contributed by atoms with Crippen LogP contribution in [0.25, 0.3) is 0 Å². The number of ether oxygens (including phenoxy) is 1. The molecule has 156 valence electrons. The number of carbonyl (C=O) groups excluding carboxylic acids is 1. The van der Waals surface area contributed by atoms with Crippen LogP contribution in [0.4, 0.5) is 0 Å². The molecule has 2 nitrogen and oxygen atoms in total. The summed E-state index contributed by atoms with van der Waals surface area (Å²) >= 11 is 0. The first-order valence-electron chi connectivity index (χ1n) is 11.2. The van der Waals surface area contributed by atoms with Crippen LogP contribution >= 0.6 is 0 Å². The highest BCUT2D eigenvalue weighted by Gasteiger charge is 2.18. The van der Waals surface area contributed by atoms with Crippen LogP contribution in [-0.4, -0.2) is 11.6 Å². The standard InChI is InChI=1S/C24H48O2/c1-19(2)12-9-13-20(3)14-10-15-21(4)16-11-17-22(5)18-23(25)26-24(6,7)8/h19-22H,9-18H2,1-8H3. The fraction of sp³-hybridized carbons (Fsp3) is 0.958. The molecule has 0 radical (unpaired) electrons. The van der Waals surface area contributed by atoms with Gasteiger partial charge in [-0.25, -0.2) is 0 Å². The molecule has 0 fully saturated rings. The van der Waals surface area contributed by atoms with E-state index >= 15 is 0 Å². The van der Waals surface area contributed by atoms with Crippen molar-refractivity contribution < 1.29 is 9.53 Å². The lowest BCUT2D eigenvalue weighted by Gasteiger charge is -2.21. The van der Waals surface area contributed by atoms with E-state index in [2.05, 4.69) is 34.6 Å². The SMILES string of the molecule is CC(C)CCCC(C)CCCC(C)CCCC(C)CC(=O)OC(C)(C)C. The van der Waals surface area contributed by atoms with Gasteiger partial charge in [0.1, 0.15) is 5.60 Å². The van der Waals surface area contributed by atoms with Gasteiger partial charge in [0.25, 0.3) is 0 Å². The van der Waals surface area contributed by atoms with E-state index in [0.29, 0.717) is 12.3 Å². The van der Waals surface area contributed by atoms with Crippen LogP contribution in [0, 0.1) is 23.7 Å². The molecule has 0 heterocycles. The summed E-state index contributed by atoms with van der Waals surface area (Å²) in [4.78, 5) is 11.9. The zero-order valence-corrected chi connectivity index (χ0v) is 19.2. The molecular weight excluding hydrogens is 320 g/mol. The molecule has 0 aromatic heterocycles. The molecule has 0 saturated heterocycles. The Balaban J connectivity index is 3.70. The molecule has 0 aromatic carbocycles. The summed E-state index contributed by atoms with van der Waals surface area (Å²) in [5.74, 6) is 2.92. The van der Waals surface area contributed by atoms with Crippen molar-refractivity contribution in [3.05, 3.63) is 0 Å². The van der Waals surface area contributed by atoms with E-state index in [0.717, 1.165) is 24.2 Å². The monoisotopic (exact) mass is 368 g/mol. The lowest BCUT2D eigenvalue weighted by molar-refractivity contribution is -0.155. The molecule has 0 rings (SSSR count). The zero-order chi connectivity index (χ0) is 20.2. The zero-order valence-electron chi connectivity index (χ0n) is 19.2. The van der Waals surface area contributed by atoms with Crippen molar-refractivity contribution in [3.8, 4) is 0 Å². The van der Waals surface area contributed by atoms with E-state index in [4.69, 9.17) is 4.74 Å². The summed E-state index contributed by atoms with van der Waals surface area (Å²) in [6, 6.07) is 0. The second-order valence-corrected chi connectivity index (χ2v) is 10.3. The van der Waals surface area contributed by atoms with Crippen LogP contribution in [0.3, 0.4) is 0 Å². The third kappa shape index (κ3) is 16.9. The number of hydrogen-bond donors (Lipinski definition) is 0. The molecule has 0 aliphatic carbocycles. The Bertz CT molecular complexity index is 354. The number of rotatable bonds is 14. The van der Waals surface area contributed by atoms with Gasteiger partial charge in [0.15, 0.2) is 0 Å². The van der Waals surface area contributed by atoms with Gasteiger partial charge >= 0.3 is 5.97 Å². The Morgan fingerprint density at radius 1 is 0.692 bits per heavy atom. The highest BCUT2D eigenvalue weighted by molar-refractivity contribution is 5.70.